The molecule has 124 valence electrons. The highest BCUT2D eigenvalue weighted by molar-refractivity contribution is 7.91. The summed E-state index contributed by atoms with van der Waals surface area (Å²) in [5, 5.41) is 0. The van der Waals surface area contributed by atoms with Crippen LogP contribution in [0.2, 0.25) is 0 Å². The maximum absolute atomic E-state index is 11.8. The van der Waals surface area contributed by atoms with Gasteiger partial charge in [-0.15, -0.1) is 0 Å². The van der Waals surface area contributed by atoms with Gasteiger partial charge in [0.25, 0.3) is 0 Å². The lowest BCUT2D eigenvalue weighted by Gasteiger charge is -2.06. The van der Waals surface area contributed by atoms with Gasteiger partial charge in [-0.25, -0.2) is 8.42 Å². The number of ketones is 2. The number of hydrogen-bond donors (Lipinski definition) is 0. The summed E-state index contributed by atoms with van der Waals surface area (Å²) in [5.74, 6) is 0.384. The Kier molecular flexibility index (Phi) is 9.75. The van der Waals surface area contributed by atoms with Crippen LogP contribution in [0.1, 0.15) is 66.2 Å². The van der Waals surface area contributed by atoms with Crippen LogP contribution in [0.15, 0.2) is 0 Å². The minimum absolute atomic E-state index is 0.00535. The molecule has 0 aromatic carbocycles. The highest BCUT2D eigenvalue weighted by Crippen LogP contribution is 2.10. The van der Waals surface area contributed by atoms with Crippen LogP contribution in [0.5, 0.6) is 0 Å². The first-order valence-corrected chi connectivity index (χ1v) is 9.73. The Morgan fingerprint density at radius 2 is 1.19 bits per heavy atom. The number of rotatable bonds is 12. The Labute approximate surface area is 129 Å². The van der Waals surface area contributed by atoms with Crippen molar-refractivity contribution in [2.24, 2.45) is 11.8 Å². The van der Waals surface area contributed by atoms with Crippen LogP contribution in [0.25, 0.3) is 0 Å². The van der Waals surface area contributed by atoms with E-state index in [0.717, 1.165) is 19.3 Å². The number of carbonyl (C=O) groups excluding carboxylic acids is 2. The van der Waals surface area contributed by atoms with E-state index < -0.39 is 9.84 Å². The topological polar surface area (TPSA) is 68.3 Å². The molecule has 0 radical (unpaired) electrons. The fourth-order valence-electron chi connectivity index (χ4n) is 1.91. The summed E-state index contributed by atoms with van der Waals surface area (Å²) in [6, 6.07) is 0. The van der Waals surface area contributed by atoms with Crippen molar-refractivity contribution >= 4 is 21.4 Å². The van der Waals surface area contributed by atoms with Crippen molar-refractivity contribution in [1.29, 1.82) is 0 Å². The van der Waals surface area contributed by atoms with Crippen molar-refractivity contribution in [3.05, 3.63) is 0 Å². The zero-order valence-corrected chi connectivity index (χ0v) is 14.7. The van der Waals surface area contributed by atoms with Crippen molar-refractivity contribution in [3.63, 3.8) is 0 Å². The molecular formula is C16H30O4S. The van der Waals surface area contributed by atoms with Gasteiger partial charge in [0.15, 0.2) is 9.84 Å². The summed E-state index contributed by atoms with van der Waals surface area (Å²) in [7, 11) is -3.11. The zero-order valence-electron chi connectivity index (χ0n) is 13.9. The van der Waals surface area contributed by atoms with E-state index in [2.05, 4.69) is 0 Å². The Bertz CT molecular complexity index is 422. The van der Waals surface area contributed by atoms with Crippen molar-refractivity contribution in [3.8, 4) is 0 Å². The average molecular weight is 318 g/mol. The summed E-state index contributed by atoms with van der Waals surface area (Å²) >= 11 is 0. The highest BCUT2D eigenvalue weighted by Gasteiger charge is 2.15. The molecule has 0 aliphatic rings. The van der Waals surface area contributed by atoms with Gasteiger partial charge in [0, 0.05) is 24.7 Å². The molecule has 0 fully saturated rings. The first kappa shape index (κ1) is 20.3. The minimum Gasteiger partial charge on any atom is -0.299 e. The highest BCUT2D eigenvalue weighted by atomic mass is 32.2. The number of sulfone groups is 1. The van der Waals surface area contributed by atoms with Gasteiger partial charge in [-0.2, -0.15) is 0 Å². The maximum Gasteiger partial charge on any atom is 0.150 e. The fraction of sp³-hybridized carbons (Fsp3) is 0.875. The first-order chi connectivity index (χ1) is 9.65. The molecule has 0 aliphatic carbocycles. The third-order valence-corrected chi connectivity index (χ3v) is 5.31. The molecule has 21 heavy (non-hydrogen) atoms. The second-order valence-corrected chi connectivity index (χ2v) is 8.61. The minimum atomic E-state index is -3.11. The Hall–Kier alpha value is -0.710. The molecule has 0 aliphatic heterocycles. The zero-order chi connectivity index (χ0) is 16.5. The lowest BCUT2D eigenvalue weighted by atomic mass is 10.0. The molecule has 0 N–H and O–H groups in total. The predicted octanol–water partition coefficient (Wildman–Crippen LogP) is 3.19. The molecule has 5 heteroatoms. The van der Waals surface area contributed by atoms with E-state index in [0.29, 0.717) is 12.8 Å². The van der Waals surface area contributed by atoms with Gasteiger partial charge in [-0.05, 0) is 12.8 Å². The molecule has 0 spiro atoms. The molecular weight excluding hydrogens is 288 g/mol. The molecule has 0 unspecified atom stereocenters. The molecule has 0 atom stereocenters. The standard InChI is InChI=1S/C16H30O4S/c1-13(2)15(17)9-7-5-6-8-11-21(19,20)12-10-16(18)14(3)4/h13-14H,5-12H2,1-4H3. The lowest BCUT2D eigenvalue weighted by Crippen LogP contribution is -2.17. The Morgan fingerprint density at radius 1 is 0.714 bits per heavy atom. The van der Waals surface area contributed by atoms with Crippen LogP contribution in [-0.4, -0.2) is 31.5 Å². The molecule has 0 aromatic rings. The van der Waals surface area contributed by atoms with Crippen molar-refractivity contribution < 1.29 is 18.0 Å². The van der Waals surface area contributed by atoms with Crippen LogP contribution in [-0.2, 0) is 19.4 Å². The fourth-order valence-corrected chi connectivity index (χ4v) is 3.27. The van der Waals surface area contributed by atoms with Crippen molar-refractivity contribution in [2.45, 2.75) is 66.2 Å². The monoisotopic (exact) mass is 318 g/mol. The number of carbonyl (C=O) groups is 2. The van der Waals surface area contributed by atoms with E-state index in [-0.39, 0.29) is 41.3 Å². The van der Waals surface area contributed by atoms with Gasteiger partial charge >= 0.3 is 0 Å². The molecule has 0 aromatic heterocycles. The second-order valence-electron chi connectivity index (χ2n) is 6.31. The smallest absolute Gasteiger partial charge is 0.150 e. The summed E-state index contributed by atoms with van der Waals surface area (Å²) in [6.45, 7) is 7.36. The van der Waals surface area contributed by atoms with E-state index in [1.165, 1.54) is 0 Å². The Balaban J connectivity index is 3.76. The normalized spacial score (nSPS) is 12.1. The second kappa shape index (κ2) is 10.1. The van der Waals surface area contributed by atoms with Gasteiger partial charge in [-0.3, -0.25) is 9.59 Å². The van der Waals surface area contributed by atoms with Crippen LogP contribution in [0.3, 0.4) is 0 Å². The predicted molar refractivity (Wildman–Crippen MR) is 86.0 cm³/mol. The van der Waals surface area contributed by atoms with Gasteiger partial charge in [0.05, 0.1) is 11.5 Å². The summed E-state index contributed by atoms with van der Waals surface area (Å²) in [5.41, 5.74) is 0. The quantitative estimate of drug-likeness (QED) is 0.518. The van der Waals surface area contributed by atoms with Crippen LogP contribution < -0.4 is 0 Å². The molecule has 0 heterocycles. The molecule has 0 bridgehead atoms. The van der Waals surface area contributed by atoms with Crippen molar-refractivity contribution in [2.75, 3.05) is 11.5 Å². The largest absolute Gasteiger partial charge is 0.299 e. The van der Waals surface area contributed by atoms with Crippen LogP contribution in [0.4, 0.5) is 0 Å². The third-order valence-electron chi connectivity index (χ3n) is 3.58. The van der Waals surface area contributed by atoms with Crippen LogP contribution >= 0.6 is 0 Å². The maximum atomic E-state index is 11.8. The van der Waals surface area contributed by atoms with Crippen LogP contribution in [0, 0.1) is 11.8 Å². The number of unbranched alkanes of at least 4 members (excludes halogenated alkanes) is 3. The third kappa shape index (κ3) is 10.6. The lowest BCUT2D eigenvalue weighted by molar-refractivity contribution is -0.122. The summed E-state index contributed by atoms with van der Waals surface area (Å²) < 4.78 is 23.6. The summed E-state index contributed by atoms with van der Waals surface area (Å²) in [6.07, 6.45) is 3.88. The first-order valence-electron chi connectivity index (χ1n) is 7.91. The average Bonchev–Trinajstić information content (AvgIpc) is 2.39. The molecule has 0 amide bonds. The molecule has 0 saturated carbocycles. The van der Waals surface area contributed by atoms with Gasteiger partial charge < -0.3 is 0 Å². The van der Waals surface area contributed by atoms with Gasteiger partial charge in [0.1, 0.15) is 11.6 Å². The number of hydrogen-bond acceptors (Lipinski definition) is 4. The summed E-state index contributed by atoms with van der Waals surface area (Å²) in [4.78, 5) is 22.8. The molecule has 4 nitrogen and oxygen atoms in total. The van der Waals surface area contributed by atoms with Gasteiger partial charge in [0.2, 0.25) is 0 Å². The Morgan fingerprint density at radius 3 is 1.71 bits per heavy atom. The van der Waals surface area contributed by atoms with E-state index in [4.69, 9.17) is 0 Å². The number of Topliss-reactive ketones (excluding diaryl/α,β-unsaturated/α-hetero) is 2. The van der Waals surface area contributed by atoms with E-state index >= 15 is 0 Å². The van der Waals surface area contributed by atoms with Gasteiger partial charge in [-0.1, -0.05) is 40.5 Å². The molecule has 0 saturated heterocycles. The molecule has 0 rings (SSSR count). The SMILES string of the molecule is CC(C)C(=O)CCCCCCS(=O)(=O)CCC(=O)C(C)C. The van der Waals surface area contributed by atoms with Crippen molar-refractivity contribution in [1.82, 2.24) is 0 Å². The van der Waals surface area contributed by atoms with E-state index in [1.54, 1.807) is 13.8 Å². The van der Waals surface area contributed by atoms with E-state index in [1.807, 2.05) is 13.8 Å². The van der Waals surface area contributed by atoms with E-state index in [9.17, 15) is 18.0 Å².